The van der Waals surface area contributed by atoms with E-state index < -0.39 is 0 Å². The van der Waals surface area contributed by atoms with Crippen LogP contribution in [-0.2, 0) is 6.61 Å². The first-order valence-electron chi connectivity index (χ1n) is 7.14. The van der Waals surface area contributed by atoms with Gasteiger partial charge in [0.1, 0.15) is 12.4 Å². The highest BCUT2D eigenvalue weighted by molar-refractivity contribution is 8.13. The number of carbonyl (C=O) groups excluding carboxylic acids is 1. The maximum atomic E-state index is 11.6. The average Bonchev–Trinajstić information content (AvgIpc) is 2.48. The lowest BCUT2D eigenvalue weighted by Crippen LogP contribution is -2.08. The maximum Gasteiger partial charge on any atom is 0.283 e. The highest BCUT2D eigenvalue weighted by Crippen LogP contribution is 2.24. The number of amides is 1. The molecule has 0 aliphatic rings. The van der Waals surface area contributed by atoms with Crippen LogP contribution in [0.1, 0.15) is 22.3 Å². The normalized spacial score (nSPS) is 10.4. The molecule has 0 fully saturated rings. The van der Waals surface area contributed by atoms with Crippen LogP contribution in [0.25, 0.3) is 0 Å². The molecular weight excluding hydrogens is 294 g/mol. The van der Waals surface area contributed by atoms with Gasteiger partial charge in [-0.05, 0) is 50.3 Å². The second-order valence-electron chi connectivity index (χ2n) is 5.33. The number of rotatable bonds is 4. The monoisotopic (exact) mass is 315 g/mol. The molecule has 0 atom stereocenters. The summed E-state index contributed by atoms with van der Waals surface area (Å²) in [7, 11) is 0. The minimum absolute atomic E-state index is 0.0710. The van der Waals surface area contributed by atoms with Gasteiger partial charge in [-0.15, -0.1) is 0 Å². The van der Waals surface area contributed by atoms with Crippen molar-refractivity contribution in [3.05, 3.63) is 58.7 Å². The van der Waals surface area contributed by atoms with E-state index in [9.17, 15) is 4.79 Å². The largest absolute Gasteiger partial charge is 0.489 e. The van der Waals surface area contributed by atoms with Crippen molar-refractivity contribution in [3.63, 3.8) is 0 Å². The van der Waals surface area contributed by atoms with Gasteiger partial charge in [-0.25, -0.2) is 0 Å². The summed E-state index contributed by atoms with van der Waals surface area (Å²) in [4.78, 5) is 11.6. The summed E-state index contributed by atoms with van der Waals surface area (Å²) in [5, 5.41) is 2.83. The molecule has 0 unspecified atom stereocenters. The fourth-order valence-electron chi connectivity index (χ4n) is 2.21. The predicted octanol–water partition coefficient (Wildman–Crippen LogP) is 5.09. The molecule has 0 saturated carbocycles. The lowest BCUT2D eigenvalue weighted by atomic mass is 10.1. The van der Waals surface area contributed by atoms with E-state index in [2.05, 4.69) is 18.3 Å². The molecule has 2 rings (SSSR count). The summed E-state index contributed by atoms with van der Waals surface area (Å²) in [6, 6.07) is 12.1. The smallest absolute Gasteiger partial charge is 0.283 e. The zero-order chi connectivity index (χ0) is 16.1. The van der Waals surface area contributed by atoms with E-state index in [4.69, 9.17) is 4.74 Å². The van der Waals surface area contributed by atoms with Gasteiger partial charge in [-0.1, -0.05) is 41.6 Å². The highest BCUT2D eigenvalue weighted by atomic mass is 32.2. The van der Waals surface area contributed by atoms with Gasteiger partial charge >= 0.3 is 0 Å². The number of thioether (sulfide) groups is 1. The van der Waals surface area contributed by atoms with Crippen molar-refractivity contribution in [2.24, 2.45) is 0 Å². The molecule has 3 nitrogen and oxygen atoms in total. The van der Waals surface area contributed by atoms with Crippen molar-refractivity contribution in [3.8, 4) is 5.75 Å². The molecular formula is C18H21NO2S. The SMILES string of the molecule is CSC(=O)Nc1cc(C)ccc1COc1ccc(C)cc1C. The Morgan fingerprint density at radius 1 is 1.09 bits per heavy atom. The number of ether oxygens (including phenoxy) is 1. The fourth-order valence-corrected chi connectivity index (χ4v) is 2.42. The molecule has 0 aromatic heterocycles. The Hall–Kier alpha value is -1.94. The summed E-state index contributed by atoms with van der Waals surface area (Å²) >= 11 is 1.16. The van der Waals surface area contributed by atoms with Crippen LogP contribution in [0, 0.1) is 20.8 Å². The maximum absolute atomic E-state index is 11.6. The van der Waals surface area contributed by atoms with E-state index in [1.165, 1.54) is 5.56 Å². The lowest BCUT2D eigenvalue weighted by molar-refractivity contribution is 0.269. The molecule has 0 bridgehead atoms. The van der Waals surface area contributed by atoms with E-state index in [0.717, 1.165) is 39.9 Å². The van der Waals surface area contributed by atoms with Crippen LogP contribution in [0.4, 0.5) is 10.5 Å². The third-order valence-electron chi connectivity index (χ3n) is 3.40. The summed E-state index contributed by atoms with van der Waals surface area (Å²) < 4.78 is 5.92. The lowest BCUT2D eigenvalue weighted by Gasteiger charge is -2.14. The molecule has 0 radical (unpaired) electrons. The van der Waals surface area contributed by atoms with E-state index in [0.29, 0.717) is 6.61 Å². The Morgan fingerprint density at radius 3 is 2.45 bits per heavy atom. The first-order chi connectivity index (χ1) is 10.5. The van der Waals surface area contributed by atoms with Crippen LogP contribution in [-0.4, -0.2) is 11.5 Å². The molecule has 22 heavy (non-hydrogen) atoms. The summed E-state index contributed by atoms with van der Waals surface area (Å²) in [6.07, 6.45) is 1.76. The first-order valence-corrected chi connectivity index (χ1v) is 8.36. The molecule has 0 saturated heterocycles. The van der Waals surface area contributed by atoms with Gasteiger partial charge in [0.05, 0.1) is 0 Å². The summed E-state index contributed by atoms with van der Waals surface area (Å²) in [5.41, 5.74) is 5.21. The number of benzene rings is 2. The minimum Gasteiger partial charge on any atom is -0.489 e. The molecule has 0 heterocycles. The third kappa shape index (κ3) is 4.28. The number of nitrogens with one attached hydrogen (secondary N) is 1. The van der Waals surface area contributed by atoms with Gasteiger partial charge in [0.25, 0.3) is 5.24 Å². The molecule has 1 N–H and O–H groups in total. The van der Waals surface area contributed by atoms with Crippen LogP contribution in [0.2, 0.25) is 0 Å². The Labute approximate surface area is 136 Å². The molecule has 0 aliphatic heterocycles. The van der Waals surface area contributed by atoms with Gasteiger partial charge in [-0.2, -0.15) is 0 Å². The number of aryl methyl sites for hydroxylation is 3. The molecule has 2 aromatic carbocycles. The standard InChI is InChI=1S/C18H21NO2S/c1-12-6-8-17(14(3)9-12)21-11-15-7-5-13(2)10-16(15)19-18(20)22-4/h5-10H,11H2,1-4H3,(H,19,20). The van der Waals surface area contributed by atoms with E-state index in [1.807, 2.05) is 44.2 Å². The van der Waals surface area contributed by atoms with Crippen LogP contribution in [0.15, 0.2) is 36.4 Å². The molecule has 2 aromatic rings. The molecule has 0 aliphatic carbocycles. The van der Waals surface area contributed by atoms with Crippen molar-refractivity contribution < 1.29 is 9.53 Å². The van der Waals surface area contributed by atoms with Crippen LogP contribution in [0.5, 0.6) is 5.75 Å². The Kier molecular flexibility index (Phi) is 5.50. The van der Waals surface area contributed by atoms with Crippen LogP contribution >= 0.6 is 11.8 Å². The topological polar surface area (TPSA) is 38.3 Å². The Morgan fingerprint density at radius 2 is 1.77 bits per heavy atom. The number of carbonyl (C=O) groups is 1. The molecule has 1 amide bonds. The van der Waals surface area contributed by atoms with Crippen molar-refractivity contribution in [1.29, 1.82) is 0 Å². The second-order valence-corrected chi connectivity index (χ2v) is 6.11. The van der Waals surface area contributed by atoms with Crippen molar-refractivity contribution in [2.75, 3.05) is 11.6 Å². The average molecular weight is 315 g/mol. The second kappa shape index (κ2) is 7.36. The zero-order valence-corrected chi connectivity index (χ0v) is 14.2. The van der Waals surface area contributed by atoms with Gasteiger partial charge in [-0.3, -0.25) is 4.79 Å². The predicted molar refractivity (Wildman–Crippen MR) is 94.0 cm³/mol. The van der Waals surface area contributed by atoms with Gasteiger partial charge in [0.2, 0.25) is 0 Å². The van der Waals surface area contributed by atoms with Crippen molar-refractivity contribution >= 4 is 22.7 Å². The molecule has 0 spiro atoms. The quantitative estimate of drug-likeness (QED) is 0.854. The van der Waals surface area contributed by atoms with Gasteiger partial charge in [0.15, 0.2) is 0 Å². The Balaban J connectivity index is 2.16. The van der Waals surface area contributed by atoms with Gasteiger partial charge in [0, 0.05) is 11.3 Å². The van der Waals surface area contributed by atoms with Crippen LogP contribution in [0.3, 0.4) is 0 Å². The van der Waals surface area contributed by atoms with E-state index in [1.54, 1.807) is 6.26 Å². The summed E-state index contributed by atoms with van der Waals surface area (Å²) in [5.74, 6) is 0.869. The summed E-state index contributed by atoms with van der Waals surface area (Å²) in [6.45, 7) is 6.53. The van der Waals surface area contributed by atoms with Crippen molar-refractivity contribution in [2.45, 2.75) is 27.4 Å². The molecule has 116 valence electrons. The number of hydrogen-bond acceptors (Lipinski definition) is 3. The highest BCUT2D eigenvalue weighted by Gasteiger charge is 2.08. The third-order valence-corrected chi connectivity index (χ3v) is 3.87. The Bertz CT molecular complexity index is 683. The van der Waals surface area contributed by atoms with Crippen LogP contribution < -0.4 is 10.1 Å². The molecule has 4 heteroatoms. The number of hydrogen-bond donors (Lipinski definition) is 1. The van der Waals surface area contributed by atoms with Gasteiger partial charge < -0.3 is 10.1 Å². The van der Waals surface area contributed by atoms with E-state index >= 15 is 0 Å². The first kappa shape index (κ1) is 16.4. The van der Waals surface area contributed by atoms with E-state index in [-0.39, 0.29) is 5.24 Å². The fraction of sp³-hybridized carbons (Fsp3) is 0.278. The van der Waals surface area contributed by atoms with Crippen molar-refractivity contribution in [1.82, 2.24) is 0 Å². The minimum atomic E-state index is -0.0710. The zero-order valence-electron chi connectivity index (χ0n) is 13.4. The number of anilines is 1.